The van der Waals surface area contributed by atoms with Crippen molar-refractivity contribution >= 4 is 44.9 Å². The molecule has 0 saturated carbocycles. The molecule has 5 nitrogen and oxygen atoms in total. The van der Waals surface area contributed by atoms with E-state index in [1.807, 2.05) is 31.2 Å². The van der Waals surface area contributed by atoms with Crippen LogP contribution >= 0.6 is 23.1 Å². The van der Waals surface area contributed by atoms with E-state index in [9.17, 15) is 4.79 Å². The Bertz CT molecular complexity index is 842. The van der Waals surface area contributed by atoms with Gasteiger partial charge in [-0.2, -0.15) is 0 Å². The van der Waals surface area contributed by atoms with Crippen LogP contribution in [-0.2, 0) is 0 Å². The van der Waals surface area contributed by atoms with Crippen LogP contribution < -0.4 is 5.32 Å². The summed E-state index contributed by atoms with van der Waals surface area (Å²) in [5.74, 6) is 0.101. The monoisotopic (exact) mass is 360 g/mol. The van der Waals surface area contributed by atoms with Crippen molar-refractivity contribution < 1.29 is 4.79 Å². The Morgan fingerprint density at radius 2 is 2.12 bits per heavy atom. The number of para-hydroxylation sites is 1. The largest absolute Gasteiger partial charge is 0.360 e. The summed E-state index contributed by atoms with van der Waals surface area (Å²) in [5.41, 5.74) is 1.71. The fourth-order valence-corrected chi connectivity index (χ4v) is 4.40. The summed E-state index contributed by atoms with van der Waals surface area (Å²) in [6.45, 7) is 6.14. The third-order valence-corrected chi connectivity index (χ3v) is 5.93. The third kappa shape index (κ3) is 3.62. The minimum atomic E-state index is -0.214. The molecule has 7 heteroatoms. The van der Waals surface area contributed by atoms with E-state index in [1.54, 1.807) is 6.20 Å². The zero-order valence-electron chi connectivity index (χ0n) is 13.9. The molecule has 0 aliphatic heterocycles. The second-order valence-electron chi connectivity index (χ2n) is 5.70. The standard InChI is InChI=1S/C17H20N4OS2/c1-4-10(2)19-16-20-21-17(24-16)23-11(3)15(22)13-9-18-14-8-6-5-7-12(13)14/h5-11,18H,4H2,1-3H3,(H,19,20)/t10-,11+/m1/s1. The van der Waals surface area contributed by atoms with Crippen LogP contribution in [0.1, 0.15) is 37.6 Å². The maximum absolute atomic E-state index is 12.8. The molecule has 1 aromatic carbocycles. The van der Waals surface area contributed by atoms with Crippen LogP contribution in [0, 0.1) is 0 Å². The molecule has 0 bridgehead atoms. The highest BCUT2D eigenvalue weighted by Gasteiger charge is 2.21. The van der Waals surface area contributed by atoms with Crippen molar-refractivity contribution in [2.45, 2.75) is 42.8 Å². The van der Waals surface area contributed by atoms with Crippen molar-refractivity contribution in [3.05, 3.63) is 36.0 Å². The van der Waals surface area contributed by atoms with Crippen LogP contribution in [0.4, 0.5) is 5.13 Å². The molecule has 2 atom stereocenters. The Labute approximate surface area is 149 Å². The van der Waals surface area contributed by atoms with Crippen molar-refractivity contribution in [1.82, 2.24) is 15.2 Å². The van der Waals surface area contributed by atoms with Crippen LogP contribution in [0.2, 0.25) is 0 Å². The fraction of sp³-hybridized carbons (Fsp3) is 0.353. The van der Waals surface area contributed by atoms with Gasteiger partial charge in [0, 0.05) is 28.7 Å². The average molecular weight is 361 g/mol. The average Bonchev–Trinajstić information content (AvgIpc) is 3.20. The zero-order valence-corrected chi connectivity index (χ0v) is 15.5. The number of hydrogen-bond donors (Lipinski definition) is 2. The molecule has 0 fully saturated rings. The van der Waals surface area contributed by atoms with Crippen molar-refractivity contribution in [2.75, 3.05) is 5.32 Å². The van der Waals surface area contributed by atoms with Crippen LogP contribution in [0.25, 0.3) is 10.9 Å². The number of nitrogens with one attached hydrogen (secondary N) is 2. The van der Waals surface area contributed by atoms with Crippen LogP contribution in [-0.4, -0.2) is 32.3 Å². The number of Topliss-reactive ketones (excluding diaryl/α,β-unsaturated/α-hetero) is 1. The molecule has 0 amide bonds. The van der Waals surface area contributed by atoms with Gasteiger partial charge in [0.2, 0.25) is 5.13 Å². The Morgan fingerprint density at radius 3 is 2.92 bits per heavy atom. The lowest BCUT2D eigenvalue weighted by Gasteiger charge is -2.08. The lowest BCUT2D eigenvalue weighted by molar-refractivity contribution is 0.0995. The lowest BCUT2D eigenvalue weighted by Crippen LogP contribution is -2.13. The van der Waals surface area contributed by atoms with E-state index in [2.05, 4.69) is 34.3 Å². The van der Waals surface area contributed by atoms with Gasteiger partial charge in [0.1, 0.15) is 0 Å². The highest BCUT2D eigenvalue weighted by atomic mass is 32.2. The van der Waals surface area contributed by atoms with E-state index >= 15 is 0 Å². The molecule has 24 heavy (non-hydrogen) atoms. The molecule has 126 valence electrons. The highest BCUT2D eigenvalue weighted by molar-refractivity contribution is 8.02. The molecule has 2 heterocycles. The number of aromatic nitrogens is 3. The number of thioether (sulfide) groups is 1. The number of rotatable bonds is 7. The van der Waals surface area contributed by atoms with Gasteiger partial charge in [-0.15, -0.1) is 10.2 Å². The van der Waals surface area contributed by atoms with Crippen molar-refractivity contribution in [3.63, 3.8) is 0 Å². The van der Waals surface area contributed by atoms with Gasteiger partial charge in [-0.1, -0.05) is 48.2 Å². The summed E-state index contributed by atoms with van der Waals surface area (Å²) in [6, 6.07) is 8.21. The normalized spacial score (nSPS) is 13.8. The zero-order chi connectivity index (χ0) is 17.1. The number of carbonyl (C=O) groups excluding carboxylic acids is 1. The molecule has 3 rings (SSSR count). The summed E-state index contributed by atoms with van der Waals surface area (Å²) >= 11 is 2.95. The van der Waals surface area contributed by atoms with Crippen LogP contribution in [0.3, 0.4) is 0 Å². The Morgan fingerprint density at radius 1 is 1.33 bits per heavy atom. The molecule has 0 saturated heterocycles. The quantitative estimate of drug-likeness (QED) is 0.476. The maximum atomic E-state index is 12.8. The first-order valence-corrected chi connectivity index (χ1v) is 9.65. The molecular formula is C17H20N4OS2. The SMILES string of the molecule is CC[C@@H](C)Nc1nnc(S[C@@H](C)C(=O)c2c[nH]c3ccccc23)s1. The van der Waals surface area contributed by atoms with E-state index in [-0.39, 0.29) is 11.0 Å². The number of H-pyrrole nitrogens is 1. The molecule has 2 N–H and O–H groups in total. The number of benzene rings is 1. The molecule has 2 aromatic heterocycles. The number of anilines is 1. The van der Waals surface area contributed by atoms with Gasteiger partial charge in [0.25, 0.3) is 0 Å². The predicted octanol–water partition coefficient (Wildman–Crippen LogP) is 4.59. The molecule has 0 unspecified atom stereocenters. The molecule has 3 aromatic rings. The summed E-state index contributed by atoms with van der Waals surface area (Å²) < 4.78 is 0.807. The van der Waals surface area contributed by atoms with Crippen molar-refractivity contribution in [2.24, 2.45) is 0 Å². The van der Waals surface area contributed by atoms with Gasteiger partial charge in [-0.3, -0.25) is 4.79 Å². The fourth-order valence-electron chi connectivity index (χ4n) is 2.33. The minimum Gasteiger partial charge on any atom is -0.360 e. The van der Waals surface area contributed by atoms with Crippen molar-refractivity contribution in [1.29, 1.82) is 0 Å². The summed E-state index contributed by atoms with van der Waals surface area (Å²) in [7, 11) is 0. The van der Waals surface area contributed by atoms with Crippen LogP contribution in [0.15, 0.2) is 34.8 Å². The Hall–Kier alpha value is -1.86. The van der Waals surface area contributed by atoms with E-state index in [0.29, 0.717) is 6.04 Å². The van der Waals surface area contributed by atoms with Gasteiger partial charge >= 0.3 is 0 Å². The molecule has 0 spiro atoms. The van der Waals surface area contributed by atoms with E-state index in [1.165, 1.54) is 23.1 Å². The Balaban J connectivity index is 1.70. The van der Waals surface area contributed by atoms with Gasteiger partial charge in [-0.25, -0.2) is 0 Å². The first-order chi connectivity index (χ1) is 11.6. The second-order valence-corrected chi connectivity index (χ2v) is 8.26. The van der Waals surface area contributed by atoms with Crippen molar-refractivity contribution in [3.8, 4) is 0 Å². The molecule has 0 radical (unpaired) electrons. The minimum absolute atomic E-state index is 0.101. The lowest BCUT2D eigenvalue weighted by atomic mass is 10.1. The Kier molecular flexibility index (Phi) is 5.20. The second kappa shape index (κ2) is 7.36. The number of ketones is 1. The van der Waals surface area contributed by atoms with Crippen LogP contribution in [0.5, 0.6) is 0 Å². The summed E-state index contributed by atoms with van der Waals surface area (Å²) in [5, 5.41) is 13.2. The number of nitrogens with zero attached hydrogens (tertiary/aromatic N) is 2. The summed E-state index contributed by atoms with van der Waals surface area (Å²) in [6.07, 6.45) is 2.82. The molecule has 0 aliphatic carbocycles. The first kappa shape index (κ1) is 17.0. The first-order valence-electron chi connectivity index (χ1n) is 7.95. The van der Waals surface area contributed by atoms with Gasteiger partial charge in [0.15, 0.2) is 10.1 Å². The number of aromatic amines is 1. The van der Waals surface area contributed by atoms with Gasteiger partial charge in [0.05, 0.1) is 5.25 Å². The van der Waals surface area contributed by atoms with Gasteiger partial charge in [-0.05, 0) is 26.3 Å². The summed E-state index contributed by atoms with van der Waals surface area (Å²) in [4.78, 5) is 15.9. The topological polar surface area (TPSA) is 70.7 Å². The number of fused-ring (bicyclic) bond motifs is 1. The number of hydrogen-bond acceptors (Lipinski definition) is 6. The van der Waals surface area contributed by atoms with E-state index < -0.39 is 0 Å². The predicted molar refractivity (Wildman–Crippen MR) is 101 cm³/mol. The molecule has 0 aliphatic rings. The maximum Gasteiger partial charge on any atom is 0.206 e. The number of carbonyl (C=O) groups is 1. The molecular weight excluding hydrogens is 340 g/mol. The highest BCUT2D eigenvalue weighted by Crippen LogP contribution is 2.31. The van der Waals surface area contributed by atoms with E-state index in [4.69, 9.17) is 0 Å². The van der Waals surface area contributed by atoms with Gasteiger partial charge < -0.3 is 10.3 Å². The van der Waals surface area contributed by atoms with E-state index in [0.717, 1.165) is 32.4 Å². The smallest absolute Gasteiger partial charge is 0.206 e. The third-order valence-electron chi connectivity index (χ3n) is 3.89.